The SMILES string of the molecule is Cc1nc2nc[nH]n2c(=O)c1Cn1nnc2ccccc21. The summed E-state index contributed by atoms with van der Waals surface area (Å²) >= 11 is 0. The number of hydrogen-bond acceptors (Lipinski definition) is 5. The highest BCUT2D eigenvalue weighted by atomic mass is 16.1. The molecule has 3 aromatic heterocycles. The van der Waals surface area contributed by atoms with E-state index in [1.807, 2.05) is 24.3 Å². The van der Waals surface area contributed by atoms with Crippen LogP contribution in [0.25, 0.3) is 16.8 Å². The van der Waals surface area contributed by atoms with Gasteiger partial charge < -0.3 is 0 Å². The van der Waals surface area contributed by atoms with E-state index in [1.165, 1.54) is 10.8 Å². The third-order valence-corrected chi connectivity index (χ3v) is 3.46. The highest BCUT2D eigenvalue weighted by Crippen LogP contribution is 2.12. The predicted molar refractivity (Wildman–Crippen MR) is 75.0 cm³/mol. The van der Waals surface area contributed by atoms with Crippen molar-refractivity contribution in [1.29, 1.82) is 0 Å². The van der Waals surface area contributed by atoms with E-state index in [4.69, 9.17) is 0 Å². The van der Waals surface area contributed by atoms with Gasteiger partial charge in [-0.1, -0.05) is 17.3 Å². The molecular formula is C13H11N7O. The molecule has 3 heterocycles. The van der Waals surface area contributed by atoms with Crippen molar-refractivity contribution in [1.82, 2.24) is 34.6 Å². The smallest absolute Gasteiger partial charge is 0.278 e. The lowest BCUT2D eigenvalue weighted by Crippen LogP contribution is -2.24. The van der Waals surface area contributed by atoms with Crippen molar-refractivity contribution in [3.05, 3.63) is 52.2 Å². The largest absolute Gasteiger partial charge is 0.279 e. The molecule has 0 amide bonds. The topological polar surface area (TPSA) is 93.8 Å². The summed E-state index contributed by atoms with van der Waals surface area (Å²) in [4.78, 5) is 20.8. The Kier molecular flexibility index (Phi) is 2.37. The Morgan fingerprint density at radius 3 is 3.05 bits per heavy atom. The van der Waals surface area contributed by atoms with E-state index in [2.05, 4.69) is 25.4 Å². The maximum atomic E-state index is 12.5. The van der Waals surface area contributed by atoms with E-state index in [-0.39, 0.29) is 5.56 Å². The number of H-pyrrole nitrogens is 1. The van der Waals surface area contributed by atoms with E-state index >= 15 is 0 Å². The lowest BCUT2D eigenvalue weighted by molar-refractivity contribution is 0.654. The van der Waals surface area contributed by atoms with Gasteiger partial charge in [0.2, 0.25) is 0 Å². The maximum Gasteiger partial charge on any atom is 0.279 e. The zero-order valence-electron chi connectivity index (χ0n) is 11.2. The van der Waals surface area contributed by atoms with E-state index in [9.17, 15) is 4.79 Å². The molecule has 8 heteroatoms. The molecule has 0 saturated carbocycles. The Hall–Kier alpha value is -3.03. The minimum Gasteiger partial charge on any atom is -0.278 e. The summed E-state index contributed by atoms with van der Waals surface area (Å²) in [5.41, 5.74) is 2.71. The Bertz CT molecular complexity index is 1010. The van der Waals surface area contributed by atoms with Crippen LogP contribution in [0.1, 0.15) is 11.3 Å². The standard InChI is InChI=1S/C13H11N7O/c1-8-9(12(21)20-13(16-8)14-7-15-20)6-19-11-5-3-2-4-10(11)17-18-19/h2-5,7H,6H2,1H3,(H,14,15,16). The van der Waals surface area contributed by atoms with Gasteiger partial charge >= 0.3 is 0 Å². The van der Waals surface area contributed by atoms with Gasteiger partial charge in [0.1, 0.15) is 11.8 Å². The van der Waals surface area contributed by atoms with Crippen LogP contribution in [-0.2, 0) is 6.54 Å². The van der Waals surface area contributed by atoms with Gasteiger partial charge in [-0.3, -0.25) is 9.89 Å². The van der Waals surface area contributed by atoms with Crippen LogP contribution in [0.2, 0.25) is 0 Å². The monoisotopic (exact) mass is 281 g/mol. The third-order valence-electron chi connectivity index (χ3n) is 3.46. The lowest BCUT2D eigenvalue weighted by Gasteiger charge is -2.05. The van der Waals surface area contributed by atoms with Crippen LogP contribution in [-0.4, -0.2) is 34.6 Å². The average Bonchev–Trinajstić information content (AvgIpc) is 3.10. The molecule has 0 bridgehead atoms. The molecule has 0 atom stereocenters. The second-order valence-electron chi connectivity index (χ2n) is 4.74. The van der Waals surface area contributed by atoms with Crippen molar-refractivity contribution in [2.45, 2.75) is 13.5 Å². The summed E-state index contributed by atoms with van der Waals surface area (Å²) in [5, 5.41) is 11.0. The van der Waals surface area contributed by atoms with Crippen molar-refractivity contribution in [2.75, 3.05) is 0 Å². The first-order valence-corrected chi connectivity index (χ1v) is 6.44. The summed E-state index contributed by atoms with van der Waals surface area (Å²) < 4.78 is 3.02. The molecule has 21 heavy (non-hydrogen) atoms. The number of para-hydroxylation sites is 1. The fourth-order valence-corrected chi connectivity index (χ4v) is 2.36. The second kappa shape index (κ2) is 4.23. The molecule has 0 unspecified atom stereocenters. The first-order valence-electron chi connectivity index (χ1n) is 6.44. The normalized spacial score (nSPS) is 11.5. The lowest BCUT2D eigenvalue weighted by atomic mass is 10.2. The summed E-state index contributed by atoms with van der Waals surface area (Å²) in [7, 11) is 0. The minimum atomic E-state index is -0.172. The van der Waals surface area contributed by atoms with Gasteiger partial charge in [0.05, 0.1) is 23.3 Å². The molecule has 0 aliphatic rings. The highest BCUT2D eigenvalue weighted by molar-refractivity contribution is 5.73. The molecule has 1 aromatic carbocycles. The van der Waals surface area contributed by atoms with Crippen LogP contribution < -0.4 is 5.56 Å². The summed E-state index contributed by atoms with van der Waals surface area (Å²) in [5.74, 6) is 0.365. The average molecular weight is 281 g/mol. The molecule has 0 radical (unpaired) electrons. The summed E-state index contributed by atoms with van der Waals surface area (Å²) in [6.07, 6.45) is 1.44. The van der Waals surface area contributed by atoms with Crippen molar-refractivity contribution in [3.63, 3.8) is 0 Å². The molecule has 0 saturated heterocycles. The Morgan fingerprint density at radius 1 is 1.29 bits per heavy atom. The van der Waals surface area contributed by atoms with Gasteiger partial charge in [-0.15, -0.1) is 5.10 Å². The molecule has 0 aliphatic heterocycles. The van der Waals surface area contributed by atoms with Gasteiger partial charge in [-0.05, 0) is 19.1 Å². The van der Waals surface area contributed by atoms with Gasteiger partial charge in [0.25, 0.3) is 11.3 Å². The fraction of sp³-hybridized carbons (Fsp3) is 0.154. The number of hydrogen-bond donors (Lipinski definition) is 1. The number of fused-ring (bicyclic) bond motifs is 2. The van der Waals surface area contributed by atoms with Crippen LogP contribution in [0.5, 0.6) is 0 Å². The van der Waals surface area contributed by atoms with Crippen LogP contribution in [0.4, 0.5) is 0 Å². The van der Waals surface area contributed by atoms with Gasteiger partial charge in [-0.2, -0.15) is 4.52 Å². The zero-order valence-corrected chi connectivity index (χ0v) is 11.2. The fourth-order valence-electron chi connectivity index (χ4n) is 2.36. The molecule has 0 fully saturated rings. The van der Waals surface area contributed by atoms with E-state index < -0.39 is 0 Å². The van der Waals surface area contributed by atoms with Crippen molar-refractivity contribution < 1.29 is 0 Å². The molecule has 4 aromatic rings. The number of nitrogens with one attached hydrogen (secondary N) is 1. The number of benzene rings is 1. The van der Waals surface area contributed by atoms with Crippen LogP contribution in [0.15, 0.2) is 35.4 Å². The summed E-state index contributed by atoms with van der Waals surface area (Å²) in [6, 6.07) is 7.62. The van der Waals surface area contributed by atoms with E-state index in [1.54, 1.807) is 11.6 Å². The highest BCUT2D eigenvalue weighted by Gasteiger charge is 2.13. The number of aryl methyl sites for hydroxylation is 1. The Morgan fingerprint density at radius 2 is 2.14 bits per heavy atom. The first-order chi connectivity index (χ1) is 10.2. The Balaban J connectivity index is 1.89. The van der Waals surface area contributed by atoms with Crippen LogP contribution in [0, 0.1) is 6.92 Å². The maximum absolute atomic E-state index is 12.5. The Labute approximate surface area is 118 Å². The molecule has 0 spiro atoms. The van der Waals surface area contributed by atoms with Gasteiger partial charge in [-0.25, -0.2) is 14.6 Å². The van der Waals surface area contributed by atoms with Gasteiger partial charge in [0, 0.05) is 0 Å². The molecule has 4 rings (SSSR count). The molecular weight excluding hydrogens is 270 g/mol. The number of aromatic amines is 1. The van der Waals surface area contributed by atoms with Crippen LogP contribution >= 0.6 is 0 Å². The predicted octanol–water partition coefficient (Wildman–Crippen LogP) is 0.519. The zero-order chi connectivity index (χ0) is 14.4. The first kappa shape index (κ1) is 11.8. The quantitative estimate of drug-likeness (QED) is 0.578. The van der Waals surface area contributed by atoms with Crippen molar-refractivity contribution in [3.8, 4) is 0 Å². The second-order valence-corrected chi connectivity index (χ2v) is 4.74. The van der Waals surface area contributed by atoms with Crippen molar-refractivity contribution >= 4 is 16.8 Å². The number of nitrogens with zero attached hydrogens (tertiary/aromatic N) is 6. The molecule has 1 N–H and O–H groups in total. The van der Waals surface area contributed by atoms with Gasteiger partial charge in [0.15, 0.2) is 0 Å². The molecule has 104 valence electrons. The third kappa shape index (κ3) is 1.72. The molecule has 8 nitrogen and oxygen atoms in total. The van der Waals surface area contributed by atoms with E-state index in [0.29, 0.717) is 23.6 Å². The van der Waals surface area contributed by atoms with E-state index in [0.717, 1.165) is 11.0 Å². The molecule has 0 aliphatic carbocycles. The summed E-state index contributed by atoms with van der Waals surface area (Å²) in [6.45, 7) is 2.12. The van der Waals surface area contributed by atoms with Crippen molar-refractivity contribution in [2.24, 2.45) is 0 Å². The van der Waals surface area contributed by atoms with Crippen LogP contribution in [0.3, 0.4) is 0 Å². The number of rotatable bonds is 2. The number of aromatic nitrogens is 7. The minimum absolute atomic E-state index is 0.172.